The zero-order chi connectivity index (χ0) is 13.0. The van der Waals surface area contributed by atoms with Crippen LogP contribution in [0.25, 0.3) is 0 Å². The summed E-state index contributed by atoms with van der Waals surface area (Å²) < 4.78 is 1.14. The van der Waals surface area contributed by atoms with E-state index in [1.54, 1.807) is 0 Å². The van der Waals surface area contributed by atoms with Gasteiger partial charge in [0.25, 0.3) is 5.91 Å². The Morgan fingerprint density at radius 1 is 1.33 bits per heavy atom. The first-order valence-corrected chi connectivity index (χ1v) is 7.92. The molecule has 1 aromatic rings. The van der Waals surface area contributed by atoms with Crippen molar-refractivity contribution in [2.75, 3.05) is 5.88 Å². The summed E-state index contributed by atoms with van der Waals surface area (Å²) in [5.41, 5.74) is 0.739. The standard InChI is InChI=1S/C14H17ClINO/c15-9-10-2-1-3-13(8-10)17-14(18)11-4-6-12(16)7-5-11/h4-7,10,13H,1-3,8-9H2,(H,17,18). The molecule has 4 heteroatoms. The number of alkyl halides is 1. The maximum absolute atomic E-state index is 12.1. The highest BCUT2D eigenvalue weighted by atomic mass is 127. The molecule has 1 fully saturated rings. The van der Waals surface area contributed by atoms with Crippen molar-refractivity contribution >= 4 is 40.1 Å². The van der Waals surface area contributed by atoms with Crippen LogP contribution in [0.15, 0.2) is 24.3 Å². The summed E-state index contributed by atoms with van der Waals surface area (Å²) in [5, 5.41) is 3.12. The minimum atomic E-state index is 0.0339. The molecule has 0 aliphatic heterocycles. The fraction of sp³-hybridized carbons (Fsp3) is 0.500. The van der Waals surface area contributed by atoms with Gasteiger partial charge in [0.05, 0.1) is 0 Å². The molecule has 1 aliphatic rings. The van der Waals surface area contributed by atoms with Crippen LogP contribution in [-0.2, 0) is 0 Å². The van der Waals surface area contributed by atoms with Crippen molar-refractivity contribution in [2.24, 2.45) is 5.92 Å². The minimum absolute atomic E-state index is 0.0339. The molecular formula is C14H17ClINO. The van der Waals surface area contributed by atoms with E-state index >= 15 is 0 Å². The predicted octanol–water partition coefficient (Wildman–Crippen LogP) is 3.82. The molecule has 2 atom stereocenters. The Hall–Kier alpha value is -0.290. The highest BCUT2D eigenvalue weighted by Gasteiger charge is 2.22. The van der Waals surface area contributed by atoms with Crippen LogP contribution < -0.4 is 5.32 Å². The van der Waals surface area contributed by atoms with E-state index in [2.05, 4.69) is 27.9 Å². The third kappa shape index (κ3) is 3.85. The van der Waals surface area contributed by atoms with E-state index in [1.807, 2.05) is 24.3 Å². The highest BCUT2D eigenvalue weighted by molar-refractivity contribution is 14.1. The average Bonchev–Trinajstić information content (AvgIpc) is 2.39. The van der Waals surface area contributed by atoms with Gasteiger partial charge in [-0.05, 0) is 72.0 Å². The number of halogens is 2. The van der Waals surface area contributed by atoms with Gasteiger partial charge in [-0.2, -0.15) is 0 Å². The van der Waals surface area contributed by atoms with Gasteiger partial charge in [-0.1, -0.05) is 6.42 Å². The summed E-state index contributed by atoms with van der Waals surface area (Å²) >= 11 is 8.14. The lowest BCUT2D eigenvalue weighted by Crippen LogP contribution is -2.38. The van der Waals surface area contributed by atoms with Crippen LogP contribution in [0.2, 0.25) is 0 Å². The van der Waals surface area contributed by atoms with Gasteiger partial charge in [0.2, 0.25) is 0 Å². The molecule has 1 aliphatic carbocycles. The van der Waals surface area contributed by atoms with Crippen LogP contribution in [0.1, 0.15) is 36.0 Å². The Bertz CT molecular complexity index is 407. The molecule has 0 bridgehead atoms. The quantitative estimate of drug-likeness (QED) is 0.630. The molecular weight excluding hydrogens is 361 g/mol. The van der Waals surface area contributed by atoms with Crippen molar-refractivity contribution in [2.45, 2.75) is 31.7 Å². The molecule has 2 unspecified atom stereocenters. The molecule has 1 amide bonds. The summed E-state index contributed by atoms with van der Waals surface area (Å²) in [6, 6.07) is 7.95. The number of amides is 1. The van der Waals surface area contributed by atoms with Crippen molar-refractivity contribution in [1.29, 1.82) is 0 Å². The summed E-state index contributed by atoms with van der Waals surface area (Å²) in [6.45, 7) is 0. The van der Waals surface area contributed by atoms with Crippen LogP contribution in [-0.4, -0.2) is 17.8 Å². The summed E-state index contributed by atoms with van der Waals surface area (Å²) in [5.74, 6) is 1.30. The Labute approximate surface area is 127 Å². The first-order valence-electron chi connectivity index (χ1n) is 6.31. The number of nitrogens with one attached hydrogen (secondary N) is 1. The van der Waals surface area contributed by atoms with Gasteiger partial charge in [0.15, 0.2) is 0 Å². The van der Waals surface area contributed by atoms with Gasteiger partial charge in [-0.15, -0.1) is 11.6 Å². The molecule has 0 spiro atoms. The van der Waals surface area contributed by atoms with E-state index in [9.17, 15) is 4.79 Å². The molecule has 1 N–H and O–H groups in total. The SMILES string of the molecule is O=C(NC1CCCC(CCl)C1)c1ccc(I)cc1. The van der Waals surface area contributed by atoms with Gasteiger partial charge in [0.1, 0.15) is 0 Å². The van der Waals surface area contributed by atoms with Gasteiger partial charge in [0, 0.05) is 21.1 Å². The maximum Gasteiger partial charge on any atom is 0.251 e. The summed E-state index contributed by atoms with van der Waals surface area (Å²) in [7, 11) is 0. The van der Waals surface area contributed by atoms with E-state index in [1.165, 1.54) is 6.42 Å². The van der Waals surface area contributed by atoms with E-state index in [-0.39, 0.29) is 11.9 Å². The van der Waals surface area contributed by atoms with Crippen molar-refractivity contribution in [3.8, 4) is 0 Å². The van der Waals surface area contributed by atoms with Crippen molar-refractivity contribution in [1.82, 2.24) is 5.32 Å². The zero-order valence-corrected chi connectivity index (χ0v) is 13.1. The number of rotatable bonds is 3. The minimum Gasteiger partial charge on any atom is -0.349 e. The number of carbonyl (C=O) groups is 1. The Balaban J connectivity index is 1.92. The van der Waals surface area contributed by atoms with Crippen LogP contribution in [0.3, 0.4) is 0 Å². The molecule has 1 aromatic carbocycles. The fourth-order valence-electron chi connectivity index (χ4n) is 2.43. The molecule has 0 heterocycles. The third-order valence-electron chi connectivity index (χ3n) is 3.44. The maximum atomic E-state index is 12.1. The zero-order valence-electron chi connectivity index (χ0n) is 10.2. The molecule has 0 saturated heterocycles. The normalized spacial score (nSPS) is 23.7. The van der Waals surface area contributed by atoms with Gasteiger partial charge < -0.3 is 5.32 Å². The van der Waals surface area contributed by atoms with E-state index < -0.39 is 0 Å². The predicted molar refractivity (Wildman–Crippen MR) is 83.1 cm³/mol. The molecule has 0 aromatic heterocycles. The molecule has 98 valence electrons. The second-order valence-corrected chi connectivity index (χ2v) is 6.42. The number of hydrogen-bond donors (Lipinski definition) is 1. The topological polar surface area (TPSA) is 29.1 Å². The lowest BCUT2D eigenvalue weighted by atomic mass is 9.87. The molecule has 0 radical (unpaired) electrons. The Morgan fingerprint density at radius 3 is 2.72 bits per heavy atom. The number of benzene rings is 1. The van der Waals surface area contributed by atoms with E-state index in [4.69, 9.17) is 11.6 Å². The second-order valence-electron chi connectivity index (χ2n) is 4.86. The fourth-order valence-corrected chi connectivity index (χ4v) is 3.07. The lowest BCUT2D eigenvalue weighted by molar-refractivity contribution is 0.0921. The van der Waals surface area contributed by atoms with Gasteiger partial charge in [-0.25, -0.2) is 0 Å². The third-order valence-corrected chi connectivity index (χ3v) is 4.60. The monoisotopic (exact) mass is 377 g/mol. The highest BCUT2D eigenvalue weighted by Crippen LogP contribution is 2.25. The average molecular weight is 378 g/mol. The van der Waals surface area contributed by atoms with Crippen molar-refractivity contribution in [3.63, 3.8) is 0 Å². The first-order chi connectivity index (χ1) is 8.69. The smallest absolute Gasteiger partial charge is 0.251 e. The van der Waals surface area contributed by atoms with Crippen LogP contribution in [0, 0.1) is 9.49 Å². The van der Waals surface area contributed by atoms with Crippen LogP contribution in [0.4, 0.5) is 0 Å². The first kappa shape index (κ1) is 14.1. The second kappa shape index (κ2) is 6.75. The molecule has 2 rings (SSSR count). The van der Waals surface area contributed by atoms with E-state index in [0.717, 1.165) is 28.4 Å². The van der Waals surface area contributed by atoms with E-state index in [0.29, 0.717) is 11.8 Å². The van der Waals surface area contributed by atoms with Crippen molar-refractivity contribution < 1.29 is 4.79 Å². The van der Waals surface area contributed by atoms with Crippen LogP contribution >= 0.6 is 34.2 Å². The Morgan fingerprint density at radius 2 is 2.06 bits per heavy atom. The molecule has 18 heavy (non-hydrogen) atoms. The van der Waals surface area contributed by atoms with Gasteiger partial charge >= 0.3 is 0 Å². The molecule has 2 nitrogen and oxygen atoms in total. The molecule has 1 saturated carbocycles. The summed E-state index contributed by atoms with van der Waals surface area (Å²) in [6.07, 6.45) is 4.44. The van der Waals surface area contributed by atoms with Crippen molar-refractivity contribution in [3.05, 3.63) is 33.4 Å². The number of hydrogen-bond acceptors (Lipinski definition) is 1. The number of carbonyl (C=O) groups excluding carboxylic acids is 1. The lowest BCUT2D eigenvalue weighted by Gasteiger charge is -2.28. The Kier molecular flexibility index (Phi) is 5.30. The summed E-state index contributed by atoms with van der Waals surface area (Å²) in [4.78, 5) is 12.1. The largest absolute Gasteiger partial charge is 0.349 e. The van der Waals surface area contributed by atoms with Crippen LogP contribution in [0.5, 0.6) is 0 Å². The van der Waals surface area contributed by atoms with Gasteiger partial charge in [-0.3, -0.25) is 4.79 Å².